The standard InChI is InChI=1S/C11H14N4O4/c1-7(10(16)14-11(12)17)13-6-8-2-4-9(5-3-8)15(18)19/h2-5,7,13H,6H2,1H3,(H3,12,14,16,17). The van der Waals surface area contributed by atoms with Crippen LogP contribution in [0.2, 0.25) is 0 Å². The molecule has 1 atom stereocenters. The number of rotatable bonds is 5. The lowest BCUT2D eigenvalue weighted by Gasteiger charge is -2.12. The average Bonchev–Trinajstić information content (AvgIpc) is 2.35. The Labute approximate surface area is 109 Å². The molecule has 1 aromatic carbocycles. The SMILES string of the molecule is CC(NCc1ccc([N+](=O)[O-])cc1)C(=O)NC(N)=O. The van der Waals surface area contributed by atoms with Crippen molar-refractivity contribution in [1.82, 2.24) is 10.6 Å². The fraction of sp³-hybridized carbons (Fsp3) is 0.273. The Morgan fingerprint density at radius 1 is 1.37 bits per heavy atom. The maximum absolute atomic E-state index is 11.4. The Hall–Kier alpha value is -2.48. The van der Waals surface area contributed by atoms with Gasteiger partial charge in [0.1, 0.15) is 0 Å². The van der Waals surface area contributed by atoms with Crippen molar-refractivity contribution in [3.05, 3.63) is 39.9 Å². The van der Waals surface area contributed by atoms with Crippen molar-refractivity contribution < 1.29 is 14.5 Å². The van der Waals surface area contributed by atoms with E-state index in [0.717, 1.165) is 5.56 Å². The molecule has 0 aliphatic rings. The molecule has 0 spiro atoms. The van der Waals surface area contributed by atoms with Crippen LogP contribution in [0.3, 0.4) is 0 Å². The van der Waals surface area contributed by atoms with Crippen molar-refractivity contribution in [1.29, 1.82) is 0 Å². The van der Waals surface area contributed by atoms with Gasteiger partial charge >= 0.3 is 6.03 Å². The molecule has 0 saturated carbocycles. The molecule has 0 saturated heterocycles. The number of benzene rings is 1. The molecule has 0 aromatic heterocycles. The molecule has 0 bridgehead atoms. The van der Waals surface area contributed by atoms with Crippen LogP contribution in [-0.2, 0) is 11.3 Å². The lowest BCUT2D eigenvalue weighted by molar-refractivity contribution is -0.384. The van der Waals surface area contributed by atoms with Gasteiger partial charge in [-0.3, -0.25) is 20.2 Å². The number of urea groups is 1. The summed E-state index contributed by atoms with van der Waals surface area (Å²) in [7, 11) is 0. The third-order valence-corrected chi connectivity index (χ3v) is 2.40. The Balaban J connectivity index is 2.50. The summed E-state index contributed by atoms with van der Waals surface area (Å²) in [5.41, 5.74) is 5.61. The summed E-state index contributed by atoms with van der Waals surface area (Å²) in [5.74, 6) is -0.533. The predicted molar refractivity (Wildman–Crippen MR) is 67.1 cm³/mol. The summed E-state index contributed by atoms with van der Waals surface area (Å²) in [6.45, 7) is 1.91. The first-order chi connectivity index (χ1) is 8.90. The zero-order chi connectivity index (χ0) is 14.4. The number of nitro benzene ring substituents is 1. The maximum Gasteiger partial charge on any atom is 0.318 e. The molecule has 102 valence electrons. The van der Waals surface area contributed by atoms with Crippen molar-refractivity contribution in [2.75, 3.05) is 0 Å². The van der Waals surface area contributed by atoms with Crippen LogP contribution in [0.4, 0.5) is 10.5 Å². The van der Waals surface area contributed by atoms with E-state index in [4.69, 9.17) is 5.73 Å². The van der Waals surface area contributed by atoms with E-state index < -0.39 is 22.9 Å². The van der Waals surface area contributed by atoms with Crippen molar-refractivity contribution in [3.63, 3.8) is 0 Å². The number of carbonyl (C=O) groups excluding carboxylic acids is 2. The summed E-state index contributed by atoms with van der Waals surface area (Å²) < 4.78 is 0. The van der Waals surface area contributed by atoms with E-state index in [1.54, 1.807) is 19.1 Å². The number of primary amides is 1. The number of nitro groups is 1. The van der Waals surface area contributed by atoms with Crippen LogP contribution in [0.1, 0.15) is 12.5 Å². The van der Waals surface area contributed by atoms with Gasteiger partial charge in [-0.05, 0) is 12.5 Å². The van der Waals surface area contributed by atoms with Crippen LogP contribution in [0, 0.1) is 10.1 Å². The van der Waals surface area contributed by atoms with Gasteiger partial charge in [0.25, 0.3) is 5.69 Å². The molecule has 0 aliphatic carbocycles. The number of amides is 3. The highest BCUT2D eigenvalue weighted by Gasteiger charge is 2.13. The lowest BCUT2D eigenvalue weighted by Crippen LogP contribution is -2.46. The van der Waals surface area contributed by atoms with Crippen LogP contribution in [0.25, 0.3) is 0 Å². The van der Waals surface area contributed by atoms with E-state index >= 15 is 0 Å². The fourth-order valence-corrected chi connectivity index (χ4v) is 1.33. The molecule has 19 heavy (non-hydrogen) atoms. The smallest absolute Gasteiger partial charge is 0.318 e. The highest BCUT2D eigenvalue weighted by molar-refractivity contribution is 5.96. The van der Waals surface area contributed by atoms with Gasteiger partial charge in [0.2, 0.25) is 5.91 Å². The number of nitrogens with one attached hydrogen (secondary N) is 2. The summed E-state index contributed by atoms with van der Waals surface area (Å²) >= 11 is 0. The Bertz CT molecular complexity index is 486. The van der Waals surface area contributed by atoms with Gasteiger partial charge in [0, 0.05) is 18.7 Å². The highest BCUT2D eigenvalue weighted by atomic mass is 16.6. The fourth-order valence-electron chi connectivity index (χ4n) is 1.33. The van der Waals surface area contributed by atoms with Crippen LogP contribution in [-0.4, -0.2) is 22.9 Å². The van der Waals surface area contributed by atoms with Gasteiger partial charge in [-0.1, -0.05) is 12.1 Å². The van der Waals surface area contributed by atoms with Crippen LogP contribution < -0.4 is 16.4 Å². The highest BCUT2D eigenvalue weighted by Crippen LogP contribution is 2.11. The quantitative estimate of drug-likeness (QED) is 0.520. The van der Waals surface area contributed by atoms with Crippen molar-refractivity contribution >= 4 is 17.6 Å². The topological polar surface area (TPSA) is 127 Å². The van der Waals surface area contributed by atoms with Crippen molar-refractivity contribution in [2.24, 2.45) is 5.73 Å². The molecule has 1 rings (SSSR count). The number of nitrogens with two attached hydrogens (primary N) is 1. The summed E-state index contributed by atoms with van der Waals surface area (Å²) in [6, 6.07) is 4.42. The molecular weight excluding hydrogens is 252 g/mol. The van der Waals surface area contributed by atoms with E-state index in [1.165, 1.54) is 12.1 Å². The minimum absolute atomic E-state index is 0.00303. The third-order valence-electron chi connectivity index (χ3n) is 2.40. The van der Waals surface area contributed by atoms with E-state index in [-0.39, 0.29) is 5.69 Å². The Kier molecular flexibility index (Phi) is 4.95. The van der Waals surface area contributed by atoms with Gasteiger partial charge in [-0.25, -0.2) is 4.79 Å². The molecular formula is C11H14N4O4. The maximum atomic E-state index is 11.4. The molecule has 1 aromatic rings. The van der Waals surface area contributed by atoms with Crippen molar-refractivity contribution in [2.45, 2.75) is 19.5 Å². The normalized spacial score (nSPS) is 11.6. The van der Waals surface area contributed by atoms with E-state index in [2.05, 4.69) is 5.32 Å². The molecule has 4 N–H and O–H groups in total. The van der Waals surface area contributed by atoms with Gasteiger partial charge < -0.3 is 11.1 Å². The molecule has 3 amide bonds. The number of nitrogens with zero attached hydrogens (tertiary/aromatic N) is 1. The number of non-ortho nitro benzene ring substituents is 1. The van der Waals surface area contributed by atoms with Gasteiger partial charge in [-0.2, -0.15) is 0 Å². The van der Waals surface area contributed by atoms with E-state index in [9.17, 15) is 19.7 Å². The van der Waals surface area contributed by atoms with Crippen molar-refractivity contribution in [3.8, 4) is 0 Å². The molecule has 8 nitrogen and oxygen atoms in total. The third kappa shape index (κ3) is 4.72. The average molecular weight is 266 g/mol. The number of imide groups is 1. The Morgan fingerprint density at radius 3 is 2.42 bits per heavy atom. The largest absolute Gasteiger partial charge is 0.351 e. The summed E-state index contributed by atoms with van der Waals surface area (Å²) in [4.78, 5) is 31.8. The predicted octanol–water partition coefficient (Wildman–Crippen LogP) is 0.268. The molecule has 0 aliphatic heterocycles. The first-order valence-corrected chi connectivity index (χ1v) is 5.47. The van der Waals surface area contributed by atoms with Crippen LogP contribution in [0.5, 0.6) is 0 Å². The van der Waals surface area contributed by atoms with Gasteiger partial charge in [-0.15, -0.1) is 0 Å². The monoisotopic (exact) mass is 266 g/mol. The second-order valence-corrected chi connectivity index (χ2v) is 3.88. The molecule has 0 radical (unpaired) electrons. The van der Waals surface area contributed by atoms with Crippen LogP contribution in [0.15, 0.2) is 24.3 Å². The molecule has 1 unspecified atom stereocenters. The first-order valence-electron chi connectivity index (χ1n) is 5.47. The zero-order valence-corrected chi connectivity index (χ0v) is 10.3. The summed E-state index contributed by atoms with van der Waals surface area (Å²) in [5, 5.41) is 15.3. The Morgan fingerprint density at radius 2 is 1.95 bits per heavy atom. The van der Waals surface area contributed by atoms with Gasteiger partial charge in [0.15, 0.2) is 0 Å². The number of carbonyl (C=O) groups is 2. The van der Waals surface area contributed by atoms with Crippen LogP contribution >= 0.6 is 0 Å². The second-order valence-electron chi connectivity index (χ2n) is 3.88. The first kappa shape index (κ1) is 14.6. The lowest BCUT2D eigenvalue weighted by atomic mass is 10.2. The van der Waals surface area contributed by atoms with Gasteiger partial charge in [0.05, 0.1) is 11.0 Å². The summed E-state index contributed by atoms with van der Waals surface area (Å²) in [6.07, 6.45) is 0. The molecule has 0 fully saturated rings. The zero-order valence-electron chi connectivity index (χ0n) is 10.3. The van der Waals surface area contributed by atoms with E-state index in [0.29, 0.717) is 6.54 Å². The number of hydrogen-bond donors (Lipinski definition) is 3. The second kappa shape index (κ2) is 6.45. The molecule has 0 heterocycles. The minimum Gasteiger partial charge on any atom is -0.351 e. The number of hydrogen-bond acceptors (Lipinski definition) is 5. The molecule has 8 heteroatoms. The van der Waals surface area contributed by atoms with E-state index in [1.807, 2.05) is 5.32 Å². The minimum atomic E-state index is -0.908.